The molecule has 96 valence electrons. The van der Waals surface area contributed by atoms with Gasteiger partial charge < -0.3 is 0 Å². The van der Waals surface area contributed by atoms with Gasteiger partial charge in [-0.3, -0.25) is 14.7 Å². The third-order valence-electron chi connectivity index (χ3n) is 2.10. The first-order chi connectivity index (χ1) is 8.46. The highest BCUT2D eigenvalue weighted by Gasteiger charge is 2.28. The Labute approximate surface area is 98.9 Å². The SMILES string of the molecule is O=C(NOCC(F)(F)F)c1ccc2cn[nH]c2c1. The second-order valence-corrected chi connectivity index (χ2v) is 3.51. The lowest BCUT2D eigenvalue weighted by atomic mass is 10.1. The fourth-order valence-electron chi connectivity index (χ4n) is 1.32. The minimum Gasteiger partial charge on any atom is -0.278 e. The van der Waals surface area contributed by atoms with E-state index < -0.39 is 18.7 Å². The highest BCUT2D eigenvalue weighted by atomic mass is 19.4. The molecule has 5 nitrogen and oxygen atoms in total. The van der Waals surface area contributed by atoms with Gasteiger partial charge >= 0.3 is 6.18 Å². The van der Waals surface area contributed by atoms with Gasteiger partial charge in [0, 0.05) is 10.9 Å². The predicted octanol–water partition coefficient (Wildman–Crippen LogP) is 1.79. The first-order valence-electron chi connectivity index (χ1n) is 4.88. The molecule has 1 aromatic carbocycles. The molecule has 0 bridgehead atoms. The fourth-order valence-corrected chi connectivity index (χ4v) is 1.32. The molecule has 18 heavy (non-hydrogen) atoms. The molecule has 0 radical (unpaired) electrons. The van der Waals surface area contributed by atoms with Gasteiger partial charge in [0.25, 0.3) is 5.91 Å². The van der Waals surface area contributed by atoms with E-state index in [1.807, 2.05) is 0 Å². The van der Waals surface area contributed by atoms with Gasteiger partial charge in [0.1, 0.15) is 0 Å². The Hall–Kier alpha value is -2.09. The lowest BCUT2D eigenvalue weighted by molar-refractivity contribution is -0.184. The first-order valence-corrected chi connectivity index (χ1v) is 4.88. The summed E-state index contributed by atoms with van der Waals surface area (Å²) >= 11 is 0. The van der Waals surface area contributed by atoms with Crippen molar-refractivity contribution >= 4 is 16.8 Å². The van der Waals surface area contributed by atoms with Gasteiger partial charge in [-0.2, -0.15) is 18.3 Å². The molecule has 1 heterocycles. The number of H-pyrrole nitrogens is 1. The molecule has 0 unspecified atom stereocenters. The molecule has 0 aliphatic rings. The molecular formula is C10H8F3N3O2. The van der Waals surface area contributed by atoms with Crippen LogP contribution in [-0.2, 0) is 4.84 Å². The fraction of sp³-hybridized carbons (Fsp3) is 0.200. The summed E-state index contributed by atoms with van der Waals surface area (Å²) in [7, 11) is 0. The average molecular weight is 259 g/mol. The van der Waals surface area contributed by atoms with Crippen LogP contribution in [0.5, 0.6) is 0 Å². The Morgan fingerprint density at radius 1 is 1.44 bits per heavy atom. The van der Waals surface area contributed by atoms with Crippen LogP contribution in [0, 0.1) is 0 Å². The van der Waals surface area contributed by atoms with E-state index in [1.165, 1.54) is 12.1 Å². The Balaban J connectivity index is 2.00. The summed E-state index contributed by atoms with van der Waals surface area (Å²) < 4.78 is 35.4. The number of alkyl halides is 3. The highest BCUT2D eigenvalue weighted by molar-refractivity contribution is 5.97. The standard InChI is InChI=1S/C10H8F3N3O2/c11-10(12,13)5-18-16-9(17)6-1-2-7-4-14-15-8(7)3-6/h1-4H,5H2,(H,14,15)(H,16,17). The van der Waals surface area contributed by atoms with E-state index in [4.69, 9.17) is 0 Å². The third-order valence-corrected chi connectivity index (χ3v) is 2.10. The maximum absolute atomic E-state index is 11.8. The normalized spacial score (nSPS) is 11.7. The van der Waals surface area contributed by atoms with Gasteiger partial charge in [0.15, 0.2) is 6.61 Å². The van der Waals surface area contributed by atoms with Crippen LogP contribution in [0.15, 0.2) is 24.4 Å². The Morgan fingerprint density at radius 3 is 2.94 bits per heavy atom. The smallest absolute Gasteiger partial charge is 0.278 e. The monoisotopic (exact) mass is 259 g/mol. The van der Waals surface area contributed by atoms with Crippen LogP contribution >= 0.6 is 0 Å². The number of aromatic amines is 1. The Bertz CT molecular complexity index is 565. The zero-order valence-corrected chi connectivity index (χ0v) is 8.91. The summed E-state index contributed by atoms with van der Waals surface area (Å²) in [5, 5.41) is 7.20. The minimum absolute atomic E-state index is 0.175. The molecule has 1 amide bonds. The van der Waals surface area contributed by atoms with Gasteiger partial charge in [-0.1, -0.05) is 6.07 Å². The minimum atomic E-state index is -4.49. The van der Waals surface area contributed by atoms with Crippen molar-refractivity contribution in [3.8, 4) is 0 Å². The molecule has 8 heteroatoms. The van der Waals surface area contributed by atoms with E-state index >= 15 is 0 Å². The second-order valence-electron chi connectivity index (χ2n) is 3.51. The van der Waals surface area contributed by atoms with E-state index in [0.29, 0.717) is 5.52 Å². The Kier molecular flexibility index (Phi) is 3.19. The van der Waals surface area contributed by atoms with E-state index in [2.05, 4.69) is 15.0 Å². The lowest BCUT2D eigenvalue weighted by Crippen LogP contribution is -2.29. The van der Waals surface area contributed by atoms with E-state index in [0.717, 1.165) is 5.39 Å². The molecule has 0 aliphatic heterocycles. The number of aromatic nitrogens is 2. The van der Waals surface area contributed by atoms with Crippen molar-refractivity contribution in [2.75, 3.05) is 6.61 Å². The van der Waals surface area contributed by atoms with Crippen LogP contribution in [0.3, 0.4) is 0 Å². The maximum atomic E-state index is 11.8. The number of amides is 1. The van der Waals surface area contributed by atoms with Crippen molar-refractivity contribution in [1.82, 2.24) is 15.7 Å². The number of benzene rings is 1. The molecule has 0 atom stereocenters. The number of rotatable bonds is 3. The average Bonchev–Trinajstić information content (AvgIpc) is 2.73. The number of hydrogen-bond donors (Lipinski definition) is 2. The Morgan fingerprint density at radius 2 is 2.22 bits per heavy atom. The zero-order valence-electron chi connectivity index (χ0n) is 8.91. The molecule has 2 N–H and O–H groups in total. The molecule has 1 aromatic heterocycles. The van der Waals surface area contributed by atoms with Crippen molar-refractivity contribution in [1.29, 1.82) is 0 Å². The van der Waals surface area contributed by atoms with Crippen LogP contribution < -0.4 is 5.48 Å². The third kappa shape index (κ3) is 2.98. The molecule has 0 saturated heterocycles. The zero-order chi connectivity index (χ0) is 13.2. The highest BCUT2D eigenvalue weighted by Crippen LogP contribution is 2.15. The molecular weight excluding hydrogens is 251 g/mol. The number of halogens is 3. The predicted molar refractivity (Wildman–Crippen MR) is 55.6 cm³/mol. The molecule has 0 spiro atoms. The van der Waals surface area contributed by atoms with E-state index in [1.54, 1.807) is 17.7 Å². The van der Waals surface area contributed by atoms with Crippen LogP contribution in [0.2, 0.25) is 0 Å². The van der Waals surface area contributed by atoms with Crippen LogP contribution in [0.4, 0.5) is 13.2 Å². The van der Waals surface area contributed by atoms with E-state index in [9.17, 15) is 18.0 Å². The van der Waals surface area contributed by atoms with Gasteiger partial charge in [-0.15, -0.1) is 0 Å². The van der Waals surface area contributed by atoms with Crippen molar-refractivity contribution in [2.24, 2.45) is 0 Å². The summed E-state index contributed by atoms with van der Waals surface area (Å²) in [5.74, 6) is -0.754. The van der Waals surface area contributed by atoms with Crippen molar-refractivity contribution in [3.63, 3.8) is 0 Å². The maximum Gasteiger partial charge on any atom is 0.414 e. The largest absolute Gasteiger partial charge is 0.414 e. The number of nitrogens with zero attached hydrogens (tertiary/aromatic N) is 1. The number of fused-ring (bicyclic) bond motifs is 1. The molecule has 0 aliphatic carbocycles. The summed E-state index contributed by atoms with van der Waals surface area (Å²) in [5.41, 5.74) is 2.50. The quantitative estimate of drug-likeness (QED) is 0.826. The van der Waals surface area contributed by atoms with Crippen molar-refractivity contribution in [2.45, 2.75) is 6.18 Å². The van der Waals surface area contributed by atoms with Crippen LogP contribution in [0.25, 0.3) is 10.9 Å². The summed E-state index contributed by atoms with van der Waals surface area (Å²) in [6, 6.07) is 4.55. The van der Waals surface area contributed by atoms with Crippen LogP contribution in [-0.4, -0.2) is 28.9 Å². The molecule has 2 rings (SSSR count). The van der Waals surface area contributed by atoms with Crippen molar-refractivity contribution in [3.05, 3.63) is 30.0 Å². The number of hydroxylamine groups is 1. The van der Waals surface area contributed by atoms with Gasteiger partial charge in [-0.25, -0.2) is 5.48 Å². The van der Waals surface area contributed by atoms with Crippen molar-refractivity contribution < 1.29 is 22.8 Å². The van der Waals surface area contributed by atoms with Gasteiger partial charge in [0.05, 0.1) is 11.7 Å². The topological polar surface area (TPSA) is 67.0 Å². The van der Waals surface area contributed by atoms with Crippen LogP contribution in [0.1, 0.15) is 10.4 Å². The first kappa shape index (κ1) is 12.4. The summed E-state index contributed by atoms with van der Waals surface area (Å²) in [6.07, 6.45) is -2.92. The number of carbonyl (C=O) groups excluding carboxylic acids is 1. The number of nitrogens with one attached hydrogen (secondary N) is 2. The molecule has 0 fully saturated rings. The molecule has 2 aromatic rings. The number of carbonyl (C=O) groups is 1. The molecule has 0 saturated carbocycles. The number of hydrogen-bond acceptors (Lipinski definition) is 3. The summed E-state index contributed by atoms with van der Waals surface area (Å²) in [6.45, 7) is -1.54. The van der Waals surface area contributed by atoms with Gasteiger partial charge in [-0.05, 0) is 12.1 Å². The lowest BCUT2D eigenvalue weighted by Gasteiger charge is -2.08. The van der Waals surface area contributed by atoms with E-state index in [-0.39, 0.29) is 5.56 Å². The van der Waals surface area contributed by atoms with Gasteiger partial charge in [0.2, 0.25) is 0 Å². The second kappa shape index (κ2) is 4.65. The summed E-state index contributed by atoms with van der Waals surface area (Å²) in [4.78, 5) is 15.5.